The van der Waals surface area contributed by atoms with Gasteiger partial charge in [0, 0.05) is 43.0 Å². The highest BCUT2D eigenvalue weighted by atomic mass is 35.5. The van der Waals surface area contributed by atoms with Gasteiger partial charge in [-0.05, 0) is 68.5 Å². The maximum absolute atomic E-state index is 13.5. The lowest BCUT2D eigenvalue weighted by molar-refractivity contribution is -0.00546. The Hall–Kier alpha value is -2.38. The van der Waals surface area contributed by atoms with Crippen LogP contribution in [0, 0.1) is 6.92 Å². The molecule has 0 saturated carbocycles. The zero-order valence-electron chi connectivity index (χ0n) is 19.6. The Morgan fingerprint density at radius 1 is 1.09 bits per heavy atom. The number of aromatic nitrogens is 2. The zero-order chi connectivity index (χ0) is 24.2. The van der Waals surface area contributed by atoms with Crippen LogP contribution >= 0.6 is 23.2 Å². The summed E-state index contributed by atoms with van der Waals surface area (Å²) in [5.41, 5.74) is 3.89. The Labute approximate surface area is 210 Å². The molecule has 0 unspecified atom stereocenters. The van der Waals surface area contributed by atoms with Gasteiger partial charge in [0.25, 0.3) is 5.91 Å². The van der Waals surface area contributed by atoms with E-state index in [1.165, 1.54) is 6.42 Å². The molecule has 2 heterocycles. The molecule has 34 heavy (non-hydrogen) atoms. The van der Waals surface area contributed by atoms with Gasteiger partial charge in [-0.1, -0.05) is 41.8 Å². The number of carbonyl (C=O) groups excluding carboxylic acids is 1. The van der Waals surface area contributed by atoms with Crippen LogP contribution in [0.3, 0.4) is 0 Å². The number of amides is 1. The maximum atomic E-state index is 13.5. The second-order valence-electron chi connectivity index (χ2n) is 8.67. The molecular weight excluding hydrogens is 471 g/mol. The SMILES string of the molecule is Cc1c(C(=O)N(C)N2CCCCC2)nc(-c2ccc(Cl)cc2Cl)n1-c1ccc(CCCO)cc1. The fourth-order valence-electron chi connectivity index (χ4n) is 4.43. The van der Waals surface area contributed by atoms with Gasteiger partial charge in [-0.25, -0.2) is 9.99 Å². The minimum Gasteiger partial charge on any atom is -0.396 e. The number of halogens is 2. The number of hydrazine groups is 1. The normalized spacial score (nSPS) is 14.4. The second kappa shape index (κ2) is 10.9. The summed E-state index contributed by atoms with van der Waals surface area (Å²) in [6.45, 7) is 3.81. The number of hydrogen-bond donors (Lipinski definition) is 1. The number of imidazole rings is 1. The van der Waals surface area contributed by atoms with Gasteiger partial charge in [-0.2, -0.15) is 0 Å². The molecular formula is C26H30Cl2N4O2. The lowest BCUT2D eigenvalue weighted by Crippen LogP contribution is -2.46. The summed E-state index contributed by atoms with van der Waals surface area (Å²) in [5, 5.41) is 13.9. The quantitative estimate of drug-likeness (QED) is 0.461. The Balaban J connectivity index is 1.78. The van der Waals surface area contributed by atoms with Gasteiger partial charge in [0.05, 0.1) is 10.7 Å². The van der Waals surface area contributed by atoms with E-state index in [1.807, 2.05) is 48.9 Å². The number of carbonyl (C=O) groups is 1. The minimum absolute atomic E-state index is 0.135. The van der Waals surface area contributed by atoms with E-state index in [-0.39, 0.29) is 12.5 Å². The van der Waals surface area contributed by atoms with E-state index in [9.17, 15) is 4.79 Å². The first kappa shape index (κ1) is 24.7. The summed E-state index contributed by atoms with van der Waals surface area (Å²) in [5.74, 6) is 0.460. The van der Waals surface area contributed by atoms with E-state index < -0.39 is 0 Å². The first-order chi connectivity index (χ1) is 16.4. The highest BCUT2D eigenvalue weighted by Crippen LogP contribution is 2.33. The van der Waals surface area contributed by atoms with Crippen LogP contribution in [0.25, 0.3) is 17.1 Å². The van der Waals surface area contributed by atoms with Crippen molar-refractivity contribution in [1.82, 2.24) is 19.6 Å². The summed E-state index contributed by atoms with van der Waals surface area (Å²) in [6.07, 6.45) is 4.88. The third kappa shape index (κ3) is 5.15. The Kier molecular flexibility index (Phi) is 7.94. The third-order valence-corrected chi connectivity index (χ3v) is 6.90. The predicted molar refractivity (Wildman–Crippen MR) is 137 cm³/mol. The molecule has 1 saturated heterocycles. The molecule has 0 radical (unpaired) electrons. The van der Waals surface area contributed by atoms with E-state index >= 15 is 0 Å². The fraction of sp³-hybridized carbons (Fsp3) is 0.385. The summed E-state index contributed by atoms with van der Waals surface area (Å²) < 4.78 is 1.97. The first-order valence-electron chi connectivity index (χ1n) is 11.7. The highest BCUT2D eigenvalue weighted by Gasteiger charge is 2.28. The lowest BCUT2D eigenvalue weighted by Gasteiger charge is -2.34. The van der Waals surface area contributed by atoms with E-state index in [2.05, 4.69) is 5.01 Å². The molecule has 1 aliphatic heterocycles. The van der Waals surface area contributed by atoms with Crippen LogP contribution in [0.4, 0.5) is 0 Å². The molecule has 0 bridgehead atoms. The molecule has 8 heteroatoms. The van der Waals surface area contributed by atoms with Crippen LogP contribution in [0.15, 0.2) is 42.5 Å². The minimum atomic E-state index is -0.135. The van der Waals surface area contributed by atoms with E-state index in [0.29, 0.717) is 27.1 Å². The van der Waals surface area contributed by atoms with Crippen LogP contribution in [0.2, 0.25) is 10.0 Å². The molecule has 1 aliphatic rings. The Bertz CT molecular complexity index is 1150. The van der Waals surface area contributed by atoms with E-state index in [0.717, 1.165) is 55.7 Å². The number of aliphatic hydroxyl groups excluding tert-OH is 1. The summed E-state index contributed by atoms with van der Waals surface area (Å²) >= 11 is 12.7. The molecule has 3 aromatic rings. The van der Waals surface area contributed by atoms with Crippen molar-refractivity contribution in [2.75, 3.05) is 26.7 Å². The van der Waals surface area contributed by atoms with E-state index in [4.69, 9.17) is 33.3 Å². The fourth-order valence-corrected chi connectivity index (χ4v) is 4.92. The molecule has 1 aromatic heterocycles. The average molecular weight is 501 g/mol. The molecule has 0 spiro atoms. The van der Waals surface area contributed by atoms with Gasteiger partial charge < -0.3 is 5.11 Å². The number of aliphatic hydroxyl groups is 1. The van der Waals surface area contributed by atoms with Crippen molar-refractivity contribution in [3.8, 4) is 17.1 Å². The third-order valence-electron chi connectivity index (χ3n) is 6.35. The average Bonchev–Trinajstić information content (AvgIpc) is 3.19. The molecule has 6 nitrogen and oxygen atoms in total. The maximum Gasteiger partial charge on any atom is 0.288 e. The van der Waals surface area contributed by atoms with Crippen molar-refractivity contribution in [3.05, 3.63) is 69.5 Å². The number of nitrogens with zero attached hydrogens (tertiary/aromatic N) is 4. The van der Waals surface area contributed by atoms with Gasteiger partial charge in [0.1, 0.15) is 5.82 Å². The van der Waals surface area contributed by atoms with Crippen LogP contribution in [0.5, 0.6) is 0 Å². The van der Waals surface area contributed by atoms with Crippen molar-refractivity contribution in [3.63, 3.8) is 0 Å². The molecule has 4 rings (SSSR count). The lowest BCUT2D eigenvalue weighted by atomic mass is 10.1. The number of piperidine rings is 1. The molecule has 180 valence electrons. The van der Waals surface area contributed by atoms with Crippen molar-refractivity contribution >= 4 is 29.1 Å². The predicted octanol–water partition coefficient (Wildman–Crippen LogP) is 5.55. The number of rotatable bonds is 7. The first-order valence-corrected chi connectivity index (χ1v) is 12.4. The number of aryl methyl sites for hydroxylation is 1. The molecule has 1 N–H and O–H groups in total. The molecule has 1 fully saturated rings. The van der Waals surface area contributed by atoms with Gasteiger partial charge in [0.2, 0.25) is 0 Å². The molecule has 2 aromatic carbocycles. The van der Waals surface area contributed by atoms with Crippen LogP contribution in [-0.4, -0.2) is 57.3 Å². The van der Waals surface area contributed by atoms with Crippen molar-refractivity contribution in [2.45, 2.75) is 39.0 Å². The largest absolute Gasteiger partial charge is 0.396 e. The standard InChI is InChI=1S/C26H30Cl2N4O2/c1-18-24(26(34)30(2)31-14-4-3-5-15-31)29-25(22-13-10-20(27)17-23(22)28)32(18)21-11-8-19(9-12-21)7-6-16-33/h8-13,17,33H,3-7,14-16H2,1-2H3. The van der Waals surface area contributed by atoms with Crippen molar-refractivity contribution in [1.29, 1.82) is 0 Å². The summed E-state index contributed by atoms with van der Waals surface area (Å²) in [6, 6.07) is 13.4. The van der Waals surface area contributed by atoms with Gasteiger partial charge in [-0.15, -0.1) is 0 Å². The molecule has 0 aliphatic carbocycles. The van der Waals surface area contributed by atoms with Crippen molar-refractivity contribution in [2.24, 2.45) is 0 Å². The Morgan fingerprint density at radius 2 is 1.79 bits per heavy atom. The topological polar surface area (TPSA) is 61.6 Å². The number of hydrogen-bond acceptors (Lipinski definition) is 4. The van der Waals surface area contributed by atoms with Crippen molar-refractivity contribution < 1.29 is 9.90 Å². The smallest absolute Gasteiger partial charge is 0.288 e. The summed E-state index contributed by atoms with van der Waals surface area (Å²) in [4.78, 5) is 18.4. The van der Waals surface area contributed by atoms with Gasteiger partial charge >= 0.3 is 0 Å². The van der Waals surface area contributed by atoms with Gasteiger partial charge in [-0.3, -0.25) is 14.4 Å². The summed E-state index contributed by atoms with van der Waals surface area (Å²) in [7, 11) is 1.82. The van der Waals surface area contributed by atoms with Crippen LogP contribution in [0.1, 0.15) is 47.4 Å². The monoisotopic (exact) mass is 500 g/mol. The second-order valence-corrected chi connectivity index (χ2v) is 9.51. The van der Waals surface area contributed by atoms with Gasteiger partial charge in [0.15, 0.2) is 5.69 Å². The zero-order valence-corrected chi connectivity index (χ0v) is 21.1. The van der Waals surface area contributed by atoms with Crippen LogP contribution in [-0.2, 0) is 6.42 Å². The highest BCUT2D eigenvalue weighted by molar-refractivity contribution is 6.36. The van der Waals surface area contributed by atoms with Crippen LogP contribution < -0.4 is 0 Å². The Morgan fingerprint density at radius 3 is 2.44 bits per heavy atom. The molecule has 1 amide bonds. The number of benzene rings is 2. The molecule has 0 atom stereocenters. The van der Waals surface area contributed by atoms with E-state index in [1.54, 1.807) is 17.1 Å².